The molecule has 0 spiro atoms. The van der Waals surface area contributed by atoms with Crippen molar-refractivity contribution < 1.29 is 19.4 Å². The van der Waals surface area contributed by atoms with Crippen LogP contribution < -0.4 is 4.74 Å². The maximum atomic E-state index is 13.0. The van der Waals surface area contributed by atoms with Gasteiger partial charge < -0.3 is 19.6 Å². The van der Waals surface area contributed by atoms with E-state index in [-0.39, 0.29) is 11.3 Å². The van der Waals surface area contributed by atoms with Crippen LogP contribution in [0.5, 0.6) is 5.75 Å². The maximum absolute atomic E-state index is 13.0. The van der Waals surface area contributed by atoms with E-state index in [9.17, 15) is 14.7 Å². The van der Waals surface area contributed by atoms with Crippen LogP contribution in [0, 0.1) is 6.92 Å². The first-order chi connectivity index (χ1) is 14.2. The van der Waals surface area contributed by atoms with E-state index < -0.39 is 17.7 Å². The van der Waals surface area contributed by atoms with E-state index >= 15 is 0 Å². The van der Waals surface area contributed by atoms with E-state index in [0.717, 1.165) is 15.6 Å². The highest BCUT2D eigenvalue weighted by Gasteiger charge is 2.46. The van der Waals surface area contributed by atoms with E-state index in [0.29, 0.717) is 24.4 Å². The number of likely N-dealkylation sites (tertiary alicyclic amines) is 1. The maximum Gasteiger partial charge on any atom is 0.295 e. The third kappa shape index (κ3) is 4.27. The molecule has 1 saturated heterocycles. The van der Waals surface area contributed by atoms with E-state index in [1.165, 1.54) is 4.90 Å². The van der Waals surface area contributed by atoms with E-state index in [4.69, 9.17) is 4.74 Å². The fourth-order valence-corrected chi connectivity index (χ4v) is 4.03. The Labute approximate surface area is 184 Å². The van der Waals surface area contributed by atoms with Gasteiger partial charge in [-0.25, -0.2) is 0 Å². The first kappa shape index (κ1) is 22.1. The zero-order chi connectivity index (χ0) is 22.0. The molecule has 1 fully saturated rings. The number of likely N-dealkylation sites (N-methyl/N-ethyl adjacent to an activating group) is 1. The molecular weight excluding hydrogens is 448 g/mol. The highest BCUT2D eigenvalue weighted by molar-refractivity contribution is 9.10. The van der Waals surface area contributed by atoms with E-state index in [2.05, 4.69) is 15.9 Å². The van der Waals surface area contributed by atoms with Crippen molar-refractivity contribution in [3.8, 4) is 5.75 Å². The number of hydrogen-bond acceptors (Lipinski definition) is 5. The molecule has 158 valence electrons. The molecule has 6 nitrogen and oxygen atoms in total. The third-order valence-corrected chi connectivity index (χ3v) is 5.67. The summed E-state index contributed by atoms with van der Waals surface area (Å²) >= 11 is 3.46. The topological polar surface area (TPSA) is 70.1 Å². The number of hydrogen-bond donors (Lipinski definition) is 1. The van der Waals surface area contributed by atoms with Gasteiger partial charge in [0.2, 0.25) is 0 Å². The molecule has 0 aromatic heterocycles. The number of aliphatic hydroxyl groups excluding tert-OH is 1. The number of rotatable bonds is 6. The summed E-state index contributed by atoms with van der Waals surface area (Å²) in [5, 5.41) is 11.2. The molecule has 1 heterocycles. The van der Waals surface area contributed by atoms with Gasteiger partial charge in [-0.3, -0.25) is 9.59 Å². The molecule has 3 rings (SSSR count). The van der Waals surface area contributed by atoms with Gasteiger partial charge in [0.25, 0.3) is 11.7 Å². The van der Waals surface area contributed by atoms with Crippen molar-refractivity contribution in [1.82, 2.24) is 9.80 Å². The van der Waals surface area contributed by atoms with Crippen LogP contribution in [0.3, 0.4) is 0 Å². The number of benzene rings is 2. The molecule has 2 aromatic rings. The molecule has 1 atom stereocenters. The summed E-state index contributed by atoms with van der Waals surface area (Å²) in [5.41, 5.74) is 2.11. The number of methoxy groups -OCH3 is 1. The zero-order valence-electron chi connectivity index (χ0n) is 17.5. The average Bonchev–Trinajstić information content (AvgIpc) is 2.96. The van der Waals surface area contributed by atoms with Crippen molar-refractivity contribution in [2.75, 3.05) is 34.3 Å². The Bertz CT molecular complexity index is 1020. The molecule has 0 bridgehead atoms. The zero-order valence-corrected chi connectivity index (χ0v) is 19.1. The van der Waals surface area contributed by atoms with Crippen molar-refractivity contribution in [3.63, 3.8) is 0 Å². The van der Waals surface area contributed by atoms with Gasteiger partial charge in [-0.2, -0.15) is 0 Å². The number of carbonyl (C=O) groups is 2. The molecule has 2 aromatic carbocycles. The molecule has 1 amide bonds. The van der Waals surface area contributed by atoms with Gasteiger partial charge in [0.15, 0.2) is 0 Å². The van der Waals surface area contributed by atoms with Gasteiger partial charge in [0, 0.05) is 23.1 Å². The summed E-state index contributed by atoms with van der Waals surface area (Å²) in [5.74, 6) is -0.800. The van der Waals surface area contributed by atoms with Gasteiger partial charge in [-0.1, -0.05) is 28.1 Å². The molecule has 0 saturated carbocycles. The number of aliphatic hydroxyl groups is 1. The van der Waals surface area contributed by atoms with Crippen LogP contribution in [0.2, 0.25) is 0 Å². The molecule has 1 aliphatic rings. The number of ketones is 1. The number of Topliss-reactive ketones (excluding diaryl/α,β-unsaturated/α-hetero) is 1. The summed E-state index contributed by atoms with van der Waals surface area (Å²) in [6, 6.07) is 12.0. The number of nitrogens with zero attached hydrogens (tertiary/aromatic N) is 2. The average molecular weight is 473 g/mol. The lowest BCUT2D eigenvalue weighted by Crippen LogP contribution is -2.35. The van der Waals surface area contributed by atoms with Crippen LogP contribution in [-0.4, -0.2) is 60.9 Å². The fraction of sp³-hybridized carbons (Fsp3) is 0.304. The standard InChI is InChI=1S/C23H25BrN2O4/c1-14-12-17(30-4)8-9-18(14)21(27)19-20(15-6-5-7-16(24)13-15)26(11-10-25(2)3)23(29)22(19)28/h5-9,12-13,20,27H,10-11H2,1-4H3/t20-/m1/s1. The quantitative estimate of drug-likeness (QED) is 0.393. The molecule has 30 heavy (non-hydrogen) atoms. The van der Waals surface area contributed by atoms with Crippen LogP contribution in [-0.2, 0) is 9.59 Å². The van der Waals surface area contributed by atoms with Gasteiger partial charge in [0.1, 0.15) is 11.5 Å². The summed E-state index contributed by atoms with van der Waals surface area (Å²) in [7, 11) is 5.38. The minimum atomic E-state index is -0.675. The molecule has 1 aliphatic heterocycles. The second-order valence-corrected chi connectivity index (χ2v) is 8.45. The van der Waals surface area contributed by atoms with Crippen molar-refractivity contribution in [2.24, 2.45) is 0 Å². The first-order valence-corrected chi connectivity index (χ1v) is 10.4. The molecular formula is C23H25BrN2O4. The second-order valence-electron chi connectivity index (χ2n) is 7.53. The Morgan fingerprint density at radius 3 is 2.53 bits per heavy atom. The monoisotopic (exact) mass is 472 g/mol. The Morgan fingerprint density at radius 2 is 1.93 bits per heavy atom. The smallest absolute Gasteiger partial charge is 0.295 e. The molecule has 0 unspecified atom stereocenters. The van der Waals surface area contributed by atoms with Crippen LogP contribution >= 0.6 is 15.9 Å². The summed E-state index contributed by atoms with van der Waals surface area (Å²) in [6.45, 7) is 2.79. The van der Waals surface area contributed by atoms with Gasteiger partial charge in [0.05, 0.1) is 18.7 Å². The number of halogens is 1. The highest BCUT2D eigenvalue weighted by atomic mass is 79.9. The Kier molecular flexibility index (Phi) is 6.63. The summed E-state index contributed by atoms with van der Waals surface area (Å²) < 4.78 is 6.06. The predicted molar refractivity (Wildman–Crippen MR) is 119 cm³/mol. The summed E-state index contributed by atoms with van der Waals surface area (Å²) in [4.78, 5) is 29.4. The van der Waals surface area contributed by atoms with Crippen molar-refractivity contribution >= 4 is 33.4 Å². The molecule has 7 heteroatoms. The molecule has 0 aliphatic carbocycles. The van der Waals surface area contributed by atoms with E-state index in [1.807, 2.05) is 50.2 Å². The van der Waals surface area contributed by atoms with Crippen molar-refractivity contribution in [2.45, 2.75) is 13.0 Å². The van der Waals surface area contributed by atoms with Crippen molar-refractivity contribution in [3.05, 3.63) is 69.2 Å². The number of aryl methyl sites for hydroxylation is 1. The lowest BCUT2D eigenvalue weighted by molar-refractivity contribution is -0.140. The van der Waals surface area contributed by atoms with Gasteiger partial charge >= 0.3 is 0 Å². The second kappa shape index (κ2) is 9.02. The SMILES string of the molecule is COc1ccc(C(O)=C2C(=O)C(=O)N(CCN(C)C)[C@@H]2c2cccc(Br)c2)c(C)c1. The fourth-order valence-electron chi connectivity index (χ4n) is 3.62. The largest absolute Gasteiger partial charge is 0.507 e. The van der Waals surface area contributed by atoms with Crippen LogP contribution in [0.1, 0.15) is 22.7 Å². The first-order valence-electron chi connectivity index (χ1n) is 9.58. The lowest BCUT2D eigenvalue weighted by atomic mass is 9.94. The van der Waals surface area contributed by atoms with Crippen LogP contribution in [0.4, 0.5) is 0 Å². The Balaban J connectivity index is 2.17. The lowest BCUT2D eigenvalue weighted by Gasteiger charge is -2.26. The minimum Gasteiger partial charge on any atom is -0.507 e. The minimum absolute atomic E-state index is 0.102. The van der Waals surface area contributed by atoms with Gasteiger partial charge in [-0.15, -0.1) is 0 Å². The third-order valence-electron chi connectivity index (χ3n) is 5.18. The van der Waals surface area contributed by atoms with Crippen LogP contribution in [0.15, 0.2) is 52.5 Å². The Hall–Kier alpha value is -2.64. The van der Waals surface area contributed by atoms with Crippen molar-refractivity contribution in [1.29, 1.82) is 0 Å². The van der Waals surface area contributed by atoms with E-state index in [1.54, 1.807) is 25.3 Å². The molecule has 0 radical (unpaired) electrons. The Morgan fingerprint density at radius 1 is 1.20 bits per heavy atom. The summed E-state index contributed by atoms with van der Waals surface area (Å²) in [6.07, 6.45) is 0. The molecule has 1 N–H and O–H groups in total. The highest BCUT2D eigenvalue weighted by Crippen LogP contribution is 2.40. The number of carbonyl (C=O) groups excluding carboxylic acids is 2. The number of ether oxygens (including phenoxy) is 1. The normalized spacial score (nSPS) is 18.3. The van der Waals surface area contributed by atoms with Crippen LogP contribution in [0.25, 0.3) is 5.76 Å². The predicted octanol–water partition coefficient (Wildman–Crippen LogP) is 3.75. The van der Waals surface area contributed by atoms with Gasteiger partial charge in [-0.05, 0) is 62.5 Å². The number of amides is 1.